The number of nitrogens with one attached hydrogen (secondary N) is 1. The normalized spacial score (nSPS) is 13.3. The van der Waals surface area contributed by atoms with Gasteiger partial charge in [-0.15, -0.1) is 0 Å². The maximum atomic E-state index is 13.0. The van der Waals surface area contributed by atoms with Gasteiger partial charge in [0.15, 0.2) is 0 Å². The molecule has 0 atom stereocenters. The van der Waals surface area contributed by atoms with Crippen molar-refractivity contribution in [3.05, 3.63) is 78.4 Å². The van der Waals surface area contributed by atoms with E-state index < -0.39 is 0 Å². The van der Waals surface area contributed by atoms with Gasteiger partial charge in [-0.25, -0.2) is 14.8 Å². The second kappa shape index (κ2) is 8.87. The third-order valence-corrected chi connectivity index (χ3v) is 5.32. The highest BCUT2D eigenvalue weighted by Crippen LogP contribution is 2.24. The van der Waals surface area contributed by atoms with Crippen LogP contribution in [0.1, 0.15) is 16.8 Å². The summed E-state index contributed by atoms with van der Waals surface area (Å²) in [5.41, 5.74) is 1.21. The zero-order chi connectivity index (χ0) is 21.8. The molecular weight excluding hydrogens is 392 g/mol. The van der Waals surface area contributed by atoms with Crippen molar-refractivity contribution in [3.8, 4) is 0 Å². The summed E-state index contributed by atoms with van der Waals surface area (Å²) in [6, 6.07) is 22.0. The first-order valence-corrected chi connectivity index (χ1v) is 10.2. The fraction of sp³-hybridized carbons (Fsp3) is 0.208. The number of anilines is 1. The molecule has 1 N–H and O–H groups in total. The molecule has 4 rings (SSSR count). The number of fused-ring (bicyclic) bond motifs is 1. The molecule has 1 aliphatic rings. The lowest BCUT2D eigenvalue weighted by molar-refractivity contribution is -0.140. The van der Waals surface area contributed by atoms with Crippen molar-refractivity contribution in [2.75, 3.05) is 32.0 Å². The molecule has 31 heavy (non-hydrogen) atoms. The zero-order valence-electron chi connectivity index (χ0n) is 17.3. The first-order valence-electron chi connectivity index (χ1n) is 10.2. The van der Waals surface area contributed by atoms with E-state index in [-0.39, 0.29) is 24.4 Å². The lowest BCUT2D eigenvalue weighted by Crippen LogP contribution is -2.50. The van der Waals surface area contributed by atoms with Crippen molar-refractivity contribution in [2.24, 2.45) is 0 Å². The van der Waals surface area contributed by atoms with Crippen molar-refractivity contribution in [3.63, 3.8) is 0 Å². The van der Waals surface area contributed by atoms with Crippen LogP contribution in [0.3, 0.4) is 0 Å². The van der Waals surface area contributed by atoms with E-state index >= 15 is 0 Å². The molecule has 0 unspecified atom stereocenters. The Hall–Kier alpha value is -3.87. The Bertz CT molecular complexity index is 1110. The average molecular weight is 416 g/mol. The summed E-state index contributed by atoms with van der Waals surface area (Å²) in [4.78, 5) is 39.7. The summed E-state index contributed by atoms with van der Waals surface area (Å²) in [5.74, 6) is -0.530. The Morgan fingerprint density at radius 1 is 0.871 bits per heavy atom. The highest BCUT2D eigenvalue weighted by atomic mass is 16.2. The van der Waals surface area contributed by atoms with Crippen LogP contribution >= 0.6 is 0 Å². The SMILES string of the molecule is CN(CC(=O)N1CCCN1C(=O)Nc1cccc2ccccc12)C(=O)c1ccccc1. The van der Waals surface area contributed by atoms with Crippen LogP contribution in [-0.2, 0) is 4.79 Å². The quantitative estimate of drug-likeness (QED) is 0.706. The summed E-state index contributed by atoms with van der Waals surface area (Å²) in [5, 5.41) is 7.73. The second-order valence-electron chi connectivity index (χ2n) is 7.48. The van der Waals surface area contributed by atoms with E-state index in [4.69, 9.17) is 0 Å². The molecule has 3 aromatic rings. The van der Waals surface area contributed by atoms with E-state index in [2.05, 4.69) is 5.32 Å². The summed E-state index contributed by atoms with van der Waals surface area (Å²) in [6.07, 6.45) is 0.686. The number of nitrogens with zero attached hydrogens (tertiary/aromatic N) is 3. The summed E-state index contributed by atoms with van der Waals surface area (Å²) >= 11 is 0. The standard InChI is InChI=1S/C24H24N4O3/c1-26(23(30)19-10-3-2-4-11-19)17-22(29)27-15-8-16-28(27)24(31)25-21-14-7-12-18-9-5-6-13-20(18)21/h2-7,9-14H,8,15-17H2,1H3,(H,25,31). The van der Waals surface area contributed by atoms with Crippen LogP contribution < -0.4 is 5.32 Å². The lowest BCUT2D eigenvalue weighted by atomic mass is 10.1. The van der Waals surface area contributed by atoms with Gasteiger partial charge in [-0.1, -0.05) is 54.6 Å². The minimum Gasteiger partial charge on any atom is -0.332 e. The van der Waals surface area contributed by atoms with Gasteiger partial charge in [-0.2, -0.15) is 0 Å². The van der Waals surface area contributed by atoms with Crippen LogP contribution in [0.4, 0.5) is 10.5 Å². The maximum absolute atomic E-state index is 13.0. The minimum atomic E-state index is -0.362. The molecule has 0 aromatic heterocycles. The molecule has 4 amide bonds. The number of rotatable bonds is 4. The van der Waals surface area contributed by atoms with Crippen molar-refractivity contribution in [1.29, 1.82) is 0 Å². The number of hydrogen-bond donors (Lipinski definition) is 1. The van der Waals surface area contributed by atoms with Crippen LogP contribution in [-0.4, -0.2) is 59.4 Å². The van der Waals surface area contributed by atoms with E-state index in [0.29, 0.717) is 30.8 Å². The summed E-state index contributed by atoms with van der Waals surface area (Å²) < 4.78 is 0. The minimum absolute atomic E-state index is 0.105. The molecule has 0 aliphatic carbocycles. The predicted molar refractivity (Wildman–Crippen MR) is 119 cm³/mol. The van der Waals surface area contributed by atoms with Crippen LogP contribution in [0.25, 0.3) is 10.8 Å². The van der Waals surface area contributed by atoms with Gasteiger partial charge in [-0.05, 0) is 30.0 Å². The zero-order valence-corrected chi connectivity index (χ0v) is 17.3. The third kappa shape index (κ3) is 4.35. The molecule has 1 aliphatic heterocycles. The Kier molecular flexibility index (Phi) is 5.84. The fourth-order valence-electron chi connectivity index (χ4n) is 3.75. The van der Waals surface area contributed by atoms with Gasteiger partial charge in [0.25, 0.3) is 11.8 Å². The third-order valence-electron chi connectivity index (χ3n) is 5.32. The molecule has 0 spiro atoms. The largest absolute Gasteiger partial charge is 0.340 e. The highest BCUT2D eigenvalue weighted by molar-refractivity contribution is 6.02. The van der Waals surface area contributed by atoms with Crippen LogP contribution in [0.2, 0.25) is 0 Å². The first-order chi connectivity index (χ1) is 15.0. The Balaban J connectivity index is 1.44. The molecule has 3 aromatic carbocycles. The van der Waals surface area contributed by atoms with E-state index in [0.717, 1.165) is 10.8 Å². The maximum Gasteiger partial charge on any atom is 0.340 e. The molecule has 1 fully saturated rings. The number of carbonyl (C=O) groups is 3. The van der Waals surface area contributed by atoms with Gasteiger partial charge in [0.2, 0.25) is 0 Å². The molecule has 0 bridgehead atoms. The first kappa shape index (κ1) is 20.4. The van der Waals surface area contributed by atoms with Crippen LogP contribution in [0, 0.1) is 0 Å². The molecule has 1 heterocycles. The highest BCUT2D eigenvalue weighted by Gasteiger charge is 2.32. The molecule has 1 saturated heterocycles. The van der Waals surface area contributed by atoms with Gasteiger partial charge >= 0.3 is 6.03 Å². The van der Waals surface area contributed by atoms with Gasteiger partial charge in [0.1, 0.15) is 6.54 Å². The number of benzene rings is 3. The monoisotopic (exact) mass is 416 g/mol. The van der Waals surface area contributed by atoms with Crippen molar-refractivity contribution in [1.82, 2.24) is 14.9 Å². The van der Waals surface area contributed by atoms with Gasteiger partial charge in [0.05, 0.1) is 5.69 Å². The molecule has 0 radical (unpaired) electrons. The van der Waals surface area contributed by atoms with E-state index in [1.807, 2.05) is 48.5 Å². The van der Waals surface area contributed by atoms with Crippen molar-refractivity contribution in [2.45, 2.75) is 6.42 Å². The fourth-order valence-corrected chi connectivity index (χ4v) is 3.75. The molecule has 7 heteroatoms. The second-order valence-corrected chi connectivity index (χ2v) is 7.48. The average Bonchev–Trinajstić information content (AvgIpc) is 3.30. The number of carbonyl (C=O) groups excluding carboxylic acids is 3. The van der Waals surface area contributed by atoms with Crippen molar-refractivity contribution >= 4 is 34.3 Å². The van der Waals surface area contributed by atoms with Crippen LogP contribution in [0.5, 0.6) is 0 Å². The number of hydrogen-bond acceptors (Lipinski definition) is 3. The molecule has 0 saturated carbocycles. The number of likely N-dealkylation sites (N-methyl/N-ethyl adjacent to an activating group) is 1. The Morgan fingerprint density at radius 2 is 1.55 bits per heavy atom. The van der Waals surface area contributed by atoms with Crippen LogP contribution in [0.15, 0.2) is 72.8 Å². The Morgan fingerprint density at radius 3 is 2.35 bits per heavy atom. The molecular formula is C24H24N4O3. The lowest BCUT2D eigenvalue weighted by Gasteiger charge is -2.29. The number of amides is 4. The van der Waals surface area contributed by atoms with E-state index in [1.165, 1.54) is 14.9 Å². The van der Waals surface area contributed by atoms with E-state index in [1.54, 1.807) is 31.3 Å². The smallest absolute Gasteiger partial charge is 0.332 e. The number of urea groups is 1. The molecule has 158 valence electrons. The van der Waals surface area contributed by atoms with Crippen molar-refractivity contribution < 1.29 is 14.4 Å². The summed E-state index contributed by atoms with van der Waals surface area (Å²) in [6.45, 7) is 0.777. The number of hydrazine groups is 1. The topological polar surface area (TPSA) is 73.0 Å². The van der Waals surface area contributed by atoms with Gasteiger partial charge in [-0.3, -0.25) is 9.59 Å². The summed E-state index contributed by atoms with van der Waals surface area (Å²) in [7, 11) is 1.59. The van der Waals surface area contributed by atoms with Gasteiger partial charge in [0, 0.05) is 31.1 Å². The van der Waals surface area contributed by atoms with Gasteiger partial charge < -0.3 is 10.2 Å². The predicted octanol–water partition coefficient (Wildman–Crippen LogP) is 3.59. The Labute approximate surface area is 180 Å². The molecule has 7 nitrogen and oxygen atoms in total. The van der Waals surface area contributed by atoms with E-state index in [9.17, 15) is 14.4 Å².